The lowest BCUT2D eigenvalue weighted by atomic mass is 10.0. The van der Waals surface area contributed by atoms with Crippen LogP contribution < -0.4 is 0 Å². The molecular formula is C12H16S. The van der Waals surface area contributed by atoms with Gasteiger partial charge in [0.2, 0.25) is 0 Å². The average Bonchev–Trinajstić information content (AvgIpc) is 2.10. The van der Waals surface area contributed by atoms with Gasteiger partial charge in [0.05, 0.1) is 0 Å². The van der Waals surface area contributed by atoms with Crippen molar-refractivity contribution in [2.75, 3.05) is 5.75 Å². The van der Waals surface area contributed by atoms with Crippen LogP contribution in [-0.4, -0.2) is 5.75 Å². The van der Waals surface area contributed by atoms with E-state index < -0.39 is 0 Å². The van der Waals surface area contributed by atoms with Crippen LogP contribution in [0.2, 0.25) is 0 Å². The second-order valence-electron chi connectivity index (χ2n) is 3.22. The van der Waals surface area contributed by atoms with E-state index in [-0.39, 0.29) is 0 Å². The normalized spacial score (nSPS) is 11.0. The first-order chi connectivity index (χ1) is 6.25. The van der Waals surface area contributed by atoms with Gasteiger partial charge in [-0.25, -0.2) is 0 Å². The van der Waals surface area contributed by atoms with E-state index in [2.05, 4.69) is 56.8 Å². The monoisotopic (exact) mass is 192 g/mol. The van der Waals surface area contributed by atoms with Gasteiger partial charge in [-0.2, -0.15) is 12.6 Å². The number of hydrogen-bond donors (Lipinski definition) is 1. The van der Waals surface area contributed by atoms with Crippen LogP contribution in [0.5, 0.6) is 0 Å². The molecule has 0 aliphatic carbocycles. The third kappa shape index (κ3) is 2.92. The molecule has 0 nitrogen and oxygen atoms in total. The predicted molar refractivity (Wildman–Crippen MR) is 63.4 cm³/mol. The molecule has 0 saturated heterocycles. The van der Waals surface area contributed by atoms with E-state index in [0.29, 0.717) is 0 Å². The van der Waals surface area contributed by atoms with Crippen molar-refractivity contribution < 1.29 is 0 Å². The SMILES string of the molecule is Cc1cccc(C)c1C=CCCS. The molecule has 1 aromatic carbocycles. The van der Waals surface area contributed by atoms with Crippen molar-refractivity contribution in [2.24, 2.45) is 0 Å². The Morgan fingerprint density at radius 2 is 1.85 bits per heavy atom. The molecule has 70 valence electrons. The minimum absolute atomic E-state index is 0.918. The summed E-state index contributed by atoms with van der Waals surface area (Å²) in [4.78, 5) is 0. The highest BCUT2D eigenvalue weighted by Crippen LogP contribution is 2.15. The lowest BCUT2D eigenvalue weighted by molar-refractivity contribution is 1.26. The Morgan fingerprint density at radius 3 is 2.38 bits per heavy atom. The molecule has 1 aromatic rings. The number of allylic oxidation sites excluding steroid dienone is 1. The molecule has 0 unspecified atom stereocenters. The zero-order valence-corrected chi connectivity index (χ0v) is 9.14. The van der Waals surface area contributed by atoms with E-state index >= 15 is 0 Å². The Balaban J connectivity index is 2.87. The van der Waals surface area contributed by atoms with Gasteiger partial charge in [-0.05, 0) is 42.7 Å². The van der Waals surface area contributed by atoms with Gasteiger partial charge < -0.3 is 0 Å². The maximum absolute atomic E-state index is 4.17. The zero-order chi connectivity index (χ0) is 9.68. The molecule has 0 saturated carbocycles. The molecular weight excluding hydrogens is 176 g/mol. The summed E-state index contributed by atoms with van der Waals surface area (Å²) in [7, 11) is 0. The molecule has 0 atom stereocenters. The van der Waals surface area contributed by atoms with E-state index in [1.54, 1.807) is 0 Å². The van der Waals surface area contributed by atoms with Crippen molar-refractivity contribution in [3.05, 3.63) is 41.0 Å². The summed E-state index contributed by atoms with van der Waals surface area (Å²) in [6, 6.07) is 6.39. The number of thiol groups is 1. The Labute approximate surface area is 86.1 Å². The summed E-state index contributed by atoms with van der Waals surface area (Å²) in [6.45, 7) is 4.29. The van der Waals surface area contributed by atoms with Gasteiger partial charge in [0.1, 0.15) is 0 Å². The number of hydrogen-bond acceptors (Lipinski definition) is 1. The minimum atomic E-state index is 0.918. The molecule has 0 aromatic heterocycles. The lowest BCUT2D eigenvalue weighted by Gasteiger charge is -2.03. The predicted octanol–water partition coefficient (Wildman–Crippen LogP) is 3.64. The van der Waals surface area contributed by atoms with Crippen molar-refractivity contribution in [1.29, 1.82) is 0 Å². The molecule has 0 radical (unpaired) electrons. The average molecular weight is 192 g/mol. The second kappa shape index (κ2) is 5.13. The zero-order valence-electron chi connectivity index (χ0n) is 8.25. The fourth-order valence-electron chi connectivity index (χ4n) is 1.37. The summed E-state index contributed by atoms with van der Waals surface area (Å²) in [5.41, 5.74) is 4.04. The minimum Gasteiger partial charge on any atom is -0.179 e. The highest BCUT2D eigenvalue weighted by Gasteiger charge is 1.95. The van der Waals surface area contributed by atoms with E-state index in [9.17, 15) is 0 Å². The maximum Gasteiger partial charge on any atom is -0.00632 e. The molecule has 0 amide bonds. The Bertz CT molecular complexity index is 280. The van der Waals surface area contributed by atoms with Crippen LogP contribution in [0.1, 0.15) is 23.1 Å². The van der Waals surface area contributed by atoms with Gasteiger partial charge in [-0.3, -0.25) is 0 Å². The van der Waals surface area contributed by atoms with Crippen LogP contribution >= 0.6 is 12.6 Å². The summed E-state index contributed by atoms with van der Waals surface area (Å²) >= 11 is 4.17. The Hall–Kier alpha value is -0.690. The quantitative estimate of drug-likeness (QED) is 0.695. The van der Waals surface area contributed by atoms with Crippen LogP contribution in [0.25, 0.3) is 6.08 Å². The molecule has 0 heterocycles. The van der Waals surface area contributed by atoms with E-state index in [1.165, 1.54) is 16.7 Å². The first-order valence-electron chi connectivity index (χ1n) is 4.59. The second-order valence-corrected chi connectivity index (χ2v) is 3.67. The van der Waals surface area contributed by atoms with E-state index in [0.717, 1.165) is 12.2 Å². The van der Waals surface area contributed by atoms with Gasteiger partial charge >= 0.3 is 0 Å². The van der Waals surface area contributed by atoms with Crippen molar-refractivity contribution in [2.45, 2.75) is 20.3 Å². The third-order valence-electron chi connectivity index (χ3n) is 2.12. The Morgan fingerprint density at radius 1 is 1.23 bits per heavy atom. The smallest absolute Gasteiger partial charge is 0.00632 e. The molecule has 1 heteroatoms. The highest BCUT2D eigenvalue weighted by atomic mass is 32.1. The first-order valence-corrected chi connectivity index (χ1v) is 5.22. The molecule has 0 bridgehead atoms. The molecule has 1 rings (SSSR count). The van der Waals surface area contributed by atoms with Gasteiger partial charge in [0, 0.05) is 0 Å². The standard InChI is InChI=1S/C12H16S/c1-10-6-5-7-11(2)12(10)8-3-4-9-13/h3,5-8,13H,4,9H2,1-2H3. The molecule has 0 aliphatic heterocycles. The van der Waals surface area contributed by atoms with Crippen molar-refractivity contribution in [3.63, 3.8) is 0 Å². The van der Waals surface area contributed by atoms with Gasteiger partial charge in [0.15, 0.2) is 0 Å². The number of aryl methyl sites for hydroxylation is 2. The Kier molecular flexibility index (Phi) is 4.10. The van der Waals surface area contributed by atoms with Crippen molar-refractivity contribution in [3.8, 4) is 0 Å². The van der Waals surface area contributed by atoms with Gasteiger partial charge in [-0.1, -0.05) is 30.4 Å². The van der Waals surface area contributed by atoms with Crippen LogP contribution in [0.3, 0.4) is 0 Å². The summed E-state index contributed by atoms with van der Waals surface area (Å²) in [6.07, 6.45) is 5.42. The van der Waals surface area contributed by atoms with Crippen LogP contribution in [0, 0.1) is 13.8 Å². The van der Waals surface area contributed by atoms with Crippen LogP contribution in [-0.2, 0) is 0 Å². The van der Waals surface area contributed by atoms with Gasteiger partial charge in [-0.15, -0.1) is 0 Å². The molecule has 0 N–H and O–H groups in total. The van der Waals surface area contributed by atoms with Crippen LogP contribution in [0.15, 0.2) is 24.3 Å². The van der Waals surface area contributed by atoms with Crippen molar-refractivity contribution in [1.82, 2.24) is 0 Å². The summed E-state index contributed by atoms with van der Waals surface area (Å²) in [5.74, 6) is 0.918. The summed E-state index contributed by atoms with van der Waals surface area (Å²) < 4.78 is 0. The third-order valence-corrected chi connectivity index (χ3v) is 2.38. The number of rotatable bonds is 3. The largest absolute Gasteiger partial charge is 0.179 e. The van der Waals surface area contributed by atoms with E-state index in [1.807, 2.05) is 0 Å². The highest BCUT2D eigenvalue weighted by molar-refractivity contribution is 7.80. The maximum atomic E-state index is 4.17. The number of benzene rings is 1. The topological polar surface area (TPSA) is 0 Å². The fourth-order valence-corrected chi connectivity index (χ4v) is 1.52. The first kappa shape index (κ1) is 10.4. The molecule has 13 heavy (non-hydrogen) atoms. The van der Waals surface area contributed by atoms with Crippen molar-refractivity contribution >= 4 is 18.7 Å². The molecule has 0 spiro atoms. The van der Waals surface area contributed by atoms with E-state index in [4.69, 9.17) is 0 Å². The molecule has 0 fully saturated rings. The fraction of sp³-hybridized carbons (Fsp3) is 0.333. The lowest BCUT2D eigenvalue weighted by Crippen LogP contribution is -1.84. The molecule has 0 aliphatic rings. The summed E-state index contributed by atoms with van der Waals surface area (Å²) in [5, 5.41) is 0. The van der Waals surface area contributed by atoms with Gasteiger partial charge in [0.25, 0.3) is 0 Å². The van der Waals surface area contributed by atoms with Crippen LogP contribution in [0.4, 0.5) is 0 Å².